The second-order valence-corrected chi connectivity index (χ2v) is 8.33. The predicted octanol–water partition coefficient (Wildman–Crippen LogP) is 4.82. The molecule has 2 aromatic rings. The van der Waals surface area contributed by atoms with Crippen LogP contribution in [-0.2, 0) is 0 Å². The third-order valence-electron chi connectivity index (χ3n) is 5.05. The quantitative estimate of drug-likeness (QED) is 0.746. The number of rotatable bonds is 7. The van der Waals surface area contributed by atoms with E-state index in [1.54, 1.807) is 0 Å². The summed E-state index contributed by atoms with van der Waals surface area (Å²) in [5, 5.41) is 14.6. The minimum Gasteiger partial charge on any atom is -0.391 e. The maximum Gasteiger partial charge on any atom is 0.0773 e. The van der Waals surface area contributed by atoms with Crippen LogP contribution in [0.15, 0.2) is 59.5 Å². The van der Waals surface area contributed by atoms with E-state index in [1.807, 2.05) is 37.0 Å². The molecule has 1 aliphatic carbocycles. The molecule has 2 unspecified atom stereocenters. The molecule has 1 fully saturated rings. The third-order valence-corrected chi connectivity index (χ3v) is 6.40. The Morgan fingerprint density at radius 2 is 1.60 bits per heavy atom. The SMILES string of the molecule is CNCC(O)C(c1ccccc1)c1ccc(SC2CCCCC2)cc1. The van der Waals surface area contributed by atoms with Crippen molar-refractivity contribution in [2.75, 3.05) is 13.6 Å². The van der Waals surface area contributed by atoms with E-state index in [4.69, 9.17) is 0 Å². The Balaban J connectivity index is 1.76. The molecule has 0 amide bonds. The van der Waals surface area contributed by atoms with E-state index in [0.29, 0.717) is 6.54 Å². The predicted molar refractivity (Wildman–Crippen MR) is 107 cm³/mol. The minimum absolute atomic E-state index is 0.00220. The Kier molecular flexibility index (Phi) is 6.97. The van der Waals surface area contributed by atoms with Crippen LogP contribution in [0.2, 0.25) is 0 Å². The first kappa shape index (κ1) is 18.5. The van der Waals surface area contributed by atoms with Gasteiger partial charge in [0.15, 0.2) is 0 Å². The van der Waals surface area contributed by atoms with Gasteiger partial charge in [-0.2, -0.15) is 0 Å². The lowest BCUT2D eigenvalue weighted by Crippen LogP contribution is -2.30. The number of hydrogen-bond donors (Lipinski definition) is 2. The summed E-state index contributed by atoms with van der Waals surface area (Å²) < 4.78 is 0. The first-order valence-electron chi connectivity index (χ1n) is 9.42. The van der Waals surface area contributed by atoms with Gasteiger partial charge in [0.1, 0.15) is 0 Å². The third kappa shape index (κ3) is 5.10. The van der Waals surface area contributed by atoms with Gasteiger partial charge in [-0.15, -0.1) is 11.8 Å². The summed E-state index contributed by atoms with van der Waals surface area (Å²) >= 11 is 2.02. The number of aliphatic hydroxyl groups excluding tert-OH is 1. The Bertz CT molecular complexity index is 622. The molecule has 134 valence electrons. The van der Waals surface area contributed by atoms with E-state index in [1.165, 1.54) is 42.6 Å². The zero-order valence-corrected chi connectivity index (χ0v) is 15.8. The smallest absolute Gasteiger partial charge is 0.0773 e. The summed E-state index contributed by atoms with van der Waals surface area (Å²) in [4.78, 5) is 1.35. The highest BCUT2D eigenvalue weighted by Gasteiger charge is 2.23. The van der Waals surface area contributed by atoms with Crippen molar-refractivity contribution in [1.82, 2.24) is 5.32 Å². The highest BCUT2D eigenvalue weighted by atomic mass is 32.2. The second-order valence-electron chi connectivity index (χ2n) is 6.96. The zero-order valence-electron chi connectivity index (χ0n) is 15.0. The van der Waals surface area contributed by atoms with Crippen LogP contribution < -0.4 is 5.32 Å². The Labute approximate surface area is 156 Å². The molecule has 0 heterocycles. The molecule has 2 N–H and O–H groups in total. The van der Waals surface area contributed by atoms with Gasteiger partial charge in [0.2, 0.25) is 0 Å². The van der Waals surface area contributed by atoms with E-state index >= 15 is 0 Å². The fraction of sp³-hybridized carbons (Fsp3) is 0.455. The zero-order chi connectivity index (χ0) is 17.5. The molecule has 3 heteroatoms. The monoisotopic (exact) mass is 355 g/mol. The van der Waals surface area contributed by atoms with Gasteiger partial charge in [0, 0.05) is 22.6 Å². The molecule has 3 rings (SSSR count). The highest BCUT2D eigenvalue weighted by Crippen LogP contribution is 2.35. The summed E-state index contributed by atoms with van der Waals surface area (Å²) in [6.45, 7) is 0.581. The topological polar surface area (TPSA) is 32.3 Å². The van der Waals surface area contributed by atoms with Crippen LogP contribution in [0.1, 0.15) is 49.1 Å². The van der Waals surface area contributed by atoms with Crippen molar-refractivity contribution in [2.24, 2.45) is 0 Å². The van der Waals surface area contributed by atoms with Gasteiger partial charge in [-0.3, -0.25) is 0 Å². The molecule has 0 saturated heterocycles. The van der Waals surface area contributed by atoms with E-state index in [2.05, 4.69) is 41.7 Å². The molecule has 0 aromatic heterocycles. The molecule has 0 spiro atoms. The summed E-state index contributed by atoms with van der Waals surface area (Å²) in [6.07, 6.45) is 6.41. The molecular weight excluding hydrogens is 326 g/mol. The average Bonchev–Trinajstić information content (AvgIpc) is 2.65. The van der Waals surface area contributed by atoms with Crippen LogP contribution in [0.5, 0.6) is 0 Å². The minimum atomic E-state index is -0.441. The van der Waals surface area contributed by atoms with Crippen LogP contribution in [0, 0.1) is 0 Å². The average molecular weight is 356 g/mol. The van der Waals surface area contributed by atoms with Gasteiger partial charge in [-0.25, -0.2) is 0 Å². The molecule has 25 heavy (non-hydrogen) atoms. The van der Waals surface area contributed by atoms with Crippen molar-refractivity contribution in [3.63, 3.8) is 0 Å². The largest absolute Gasteiger partial charge is 0.391 e. The number of hydrogen-bond acceptors (Lipinski definition) is 3. The van der Waals surface area contributed by atoms with Gasteiger partial charge in [-0.1, -0.05) is 61.7 Å². The molecular formula is C22H29NOS. The first-order valence-corrected chi connectivity index (χ1v) is 10.3. The van der Waals surface area contributed by atoms with Gasteiger partial charge in [0.25, 0.3) is 0 Å². The number of aliphatic hydroxyl groups is 1. The molecule has 2 aromatic carbocycles. The highest BCUT2D eigenvalue weighted by molar-refractivity contribution is 8.00. The van der Waals surface area contributed by atoms with E-state index in [9.17, 15) is 5.11 Å². The van der Waals surface area contributed by atoms with Gasteiger partial charge in [0.05, 0.1) is 6.10 Å². The molecule has 0 radical (unpaired) electrons. The lowest BCUT2D eigenvalue weighted by molar-refractivity contribution is 0.156. The number of thioether (sulfide) groups is 1. The van der Waals surface area contributed by atoms with Crippen molar-refractivity contribution < 1.29 is 5.11 Å². The Hall–Kier alpha value is -1.29. The lowest BCUT2D eigenvalue weighted by Gasteiger charge is -2.25. The van der Waals surface area contributed by atoms with E-state index < -0.39 is 6.10 Å². The standard InChI is InChI=1S/C22H29NOS/c1-23-16-21(24)22(17-8-4-2-5-9-17)18-12-14-20(15-13-18)25-19-10-6-3-7-11-19/h2,4-5,8-9,12-15,19,21-24H,3,6-7,10-11,16H2,1H3. The first-order chi connectivity index (χ1) is 12.3. The molecule has 0 bridgehead atoms. The van der Waals surface area contributed by atoms with Crippen LogP contribution in [0.4, 0.5) is 0 Å². The Morgan fingerprint density at radius 1 is 0.960 bits per heavy atom. The molecule has 1 aliphatic rings. The summed E-state index contributed by atoms with van der Waals surface area (Å²) in [7, 11) is 1.88. The molecule has 2 nitrogen and oxygen atoms in total. The van der Waals surface area contributed by atoms with Crippen molar-refractivity contribution in [3.8, 4) is 0 Å². The maximum absolute atomic E-state index is 10.7. The van der Waals surface area contributed by atoms with Crippen LogP contribution in [-0.4, -0.2) is 30.1 Å². The molecule has 0 aliphatic heterocycles. The maximum atomic E-state index is 10.7. The fourth-order valence-corrected chi connectivity index (χ4v) is 5.00. The van der Waals surface area contributed by atoms with Crippen molar-refractivity contribution in [1.29, 1.82) is 0 Å². The Morgan fingerprint density at radius 3 is 2.24 bits per heavy atom. The fourth-order valence-electron chi connectivity index (χ4n) is 3.75. The molecule has 2 atom stereocenters. The van der Waals surface area contributed by atoms with Crippen LogP contribution >= 0.6 is 11.8 Å². The summed E-state index contributed by atoms with van der Waals surface area (Å²) in [6, 6.07) is 19.2. The van der Waals surface area contributed by atoms with Crippen molar-refractivity contribution >= 4 is 11.8 Å². The second kappa shape index (κ2) is 9.42. The van der Waals surface area contributed by atoms with Crippen LogP contribution in [0.25, 0.3) is 0 Å². The molecule has 1 saturated carbocycles. The normalized spacial score (nSPS) is 18.0. The summed E-state index contributed by atoms with van der Waals surface area (Å²) in [5.41, 5.74) is 2.35. The van der Waals surface area contributed by atoms with E-state index in [0.717, 1.165) is 10.8 Å². The van der Waals surface area contributed by atoms with Crippen LogP contribution in [0.3, 0.4) is 0 Å². The number of likely N-dealkylation sites (N-methyl/N-ethyl adjacent to an activating group) is 1. The van der Waals surface area contributed by atoms with Crippen molar-refractivity contribution in [2.45, 2.75) is 54.3 Å². The number of benzene rings is 2. The van der Waals surface area contributed by atoms with Gasteiger partial charge >= 0.3 is 0 Å². The number of nitrogens with one attached hydrogen (secondary N) is 1. The van der Waals surface area contributed by atoms with E-state index in [-0.39, 0.29) is 5.92 Å². The van der Waals surface area contributed by atoms with Crippen molar-refractivity contribution in [3.05, 3.63) is 65.7 Å². The van der Waals surface area contributed by atoms with Gasteiger partial charge < -0.3 is 10.4 Å². The lowest BCUT2D eigenvalue weighted by atomic mass is 9.86. The van der Waals surface area contributed by atoms with Gasteiger partial charge in [-0.05, 0) is 43.1 Å². The summed E-state index contributed by atoms with van der Waals surface area (Å²) in [5.74, 6) is 0.00220.